The van der Waals surface area contributed by atoms with Gasteiger partial charge in [-0.15, -0.1) is 0 Å². The SMILES string of the molecule is C=C(C(=O)OCC)C(O)c1ccc(C)c([N+](=O)[O-])c1. The Labute approximate surface area is 110 Å². The first-order valence-electron chi connectivity index (χ1n) is 5.67. The van der Waals surface area contributed by atoms with Crippen molar-refractivity contribution in [2.75, 3.05) is 6.61 Å². The van der Waals surface area contributed by atoms with Crippen molar-refractivity contribution in [3.63, 3.8) is 0 Å². The Bertz CT molecular complexity index is 524. The summed E-state index contributed by atoms with van der Waals surface area (Å²) in [6.07, 6.45) is -1.32. The van der Waals surface area contributed by atoms with Crippen molar-refractivity contribution < 1.29 is 19.6 Å². The second-order valence-corrected chi connectivity index (χ2v) is 3.95. The molecule has 102 valence electrons. The fraction of sp³-hybridized carbons (Fsp3) is 0.308. The van der Waals surface area contributed by atoms with Crippen molar-refractivity contribution in [2.45, 2.75) is 20.0 Å². The van der Waals surface area contributed by atoms with Crippen molar-refractivity contribution in [1.82, 2.24) is 0 Å². The van der Waals surface area contributed by atoms with Gasteiger partial charge in [-0.3, -0.25) is 10.1 Å². The minimum atomic E-state index is -1.32. The van der Waals surface area contributed by atoms with Crippen LogP contribution in [0.1, 0.15) is 24.2 Å². The number of nitro groups is 1. The Morgan fingerprint density at radius 1 is 1.58 bits per heavy atom. The summed E-state index contributed by atoms with van der Waals surface area (Å²) in [5.74, 6) is -0.724. The monoisotopic (exact) mass is 265 g/mol. The van der Waals surface area contributed by atoms with Crippen LogP contribution in [0.5, 0.6) is 0 Å². The van der Waals surface area contributed by atoms with Gasteiger partial charge in [0.25, 0.3) is 5.69 Å². The maximum Gasteiger partial charge on any atom is 0.336 e. The Morgan fingerprint density at radius 2 is 2.21 bits per heavy atom. The summed E-state index contributed by atoms with van der Waals surface area (Å²) < 4.78 is 4.72. The van der Waals surface area contributed by atoms with E-state index in [1.165, 1.54) is 18.2 Å². The van der Waals surface area contributed by atoms with Crippen molar-refractivity contribution in [3.8, 4) is 0 Å². The van der Waals surface area contributed by atoms with Gasteiger partial charge in [0.05, 0.1) is 17.1 Å². The largest absolute Gasteiger partial charge is 0.463 e. The normalized spacial score (nSPS) is 11.7. The molecule has 0 aliphatic heterocycles. The third-order valence-corrected chi connectivity index (χ3v) is 2.61. The van der Waals surface area contributed by atoms with Crippen molar-refractivity contribution in [3.05, 3.63) is 51.6 Å². The second-order valence-electron chi connectivity index (χ2n) is 3.95. The van der Waals surface area contributed by atoms with Crippen LogP contribution in [-0.4, -0.2) is 22.6 Å². The molecule has 0 spiro atoms. The molecule has 0 bridgehead atoms. The van der Waals surface area contributed by atoms with Crippen LogP contribution in [-0.2, 0) is 9.53 Å². The molecule has 0 amide bonds. The van der Waals surface area contributed by atoms with Gasteiger partial charge in [-0.1, -0.05) is 18.7 Å². The molecular weight excluding hydrogens is 250 g/mol. The predicted molar refractivity (Wildman–Crippen MR) is 68.6 cm³/mol. The van der Waals surface area contributed by atoms with Gasteiger partial charge in [-0.05, 0) is 19.4 Å². The van der Waals surface area contributed by atoms with E-state index in [2.05, 4.69) is 6.58 Å². The molecule has 0 fully saturated rings. The van der Waals surface area contributed by atoms with Crippen LogP contribution >= 0.6 is 0 Å². The van der Waals surface area contributed by atoms with Gasteiger partial charge in [0, 0.05) is 11.6 Å². The number of nitro benzene ring substituents is 1. The van der Waals surface area contributed by atoms with Crippen molar-refractivity contribution >= 4 is 11.7 Å². The van der Waals surface area contributed by atoms with E-state index in [1.54, 1.807) is 13.8 Å². The number of ether oxygens (including phenoxy) is 1. The van der Waals surface area contributed by atoms with Gasteiger partial charge < -0.3 is 9.84 Å². The quantitative estimate of drug-likeness (QED) is 0.381. The third-order valence-electron chi connectivity index (χ3n) is 2.61. The molecule has 19 heavy (non-hydrogen) atoms. The lowest BCUT2D eigenvalue weighted by molar-refractivity contribution is -0.385. The van der Waals surface area contributed by atoms with Crippen molar-refractivity contribution in [1.29, 1.82) is 0 Å². The van der Waals surface area contributed by atoms with Gasteiger partial charge in [0.1, 0.15) is 6.10 Å². The smallest absolute Gasteiger partial charge is 0.336 e. The van der Waals surface area contributed by atoms with Crippen LogP contribution in [0.2, 0.25) is 0 Å². The number of hydrogen-bond donors (Lipinski definition) is 1. The Kier molecular flexibility index (Phi) is 4.77. The van der Waals surface area contributed by atoms with Crippen LogP contribution in [0.3, 0.4) is 0 Å². The third kappa shape index (κ3) is 3.38. The van der Waals surface area contributed by atoms with E-state index in [4.69, 9.17) is 4.74 Å². The number of carbonyl (C=O) groups is 1. The molecule has 0 saturated heterocycles. The van der Waals surface area contributed by atoms with E-state index < -0.39 is 17.0 Å². The summed E-state index contributed by atoms with van der Waals surface area (Å²) in [6, 6.07) is 4.25. The Balaban J connectivity index is 3.03. The molecule has 1 unspecified atom stereocenters. The van der Waals surface area contributed by atoms with E-state index >= 15 is 0 Å². The van der Waals surface area contributed by atoms with Gasteiger partial charge in [0.15, 0.2) is 0 Å². The number of benzene rings is 1. The lowest BCUT2D eigenvalue weighted by Crippen LogP contribution is -2.14. The van der Waals surface area contributed by atoms with E-state index in [0.29, 0.717) is 5.56 Å². The highest BCUT2D eigenvalue weighted by atomic mass is 16.6. The number of aliphatic hydroxyl groups is 1. The molecule has 0 aliphatic rings. The summed E-state index contributed by atoms with van der Waals surface area (Å²) in [5.41, 5.74) is 0.436. The lowest BCUT2D eigenvalue weighted by Gasteiger charge is -2.13. The predicted octanol–water partition coefficient (Wildman–Crippen LogP) is 2.06. The maximum atomic E-state index is 11.4. The first-order chi connectivity index (χ1) is 8.88. The molecule has 1 aromatic rings. The summed E-state index contributed by atoms with van der Waals surface area (Å²) in [7, 11) is 0. The lowest BCUT2D eigenvalue weighted by atomic mass is 10.0. The molecule has 0 radical (unpaired) electrons. The standard InChI is InChI=1S/C13H15NO5/c1-4-19-13(16)9(3)12(15)10-6-5-8(2)11(7-10)14(17)18/h5-7,12,15H,3-4H2,1-2H3. The first kappa shape index (κ1) is 14.8. The van der Waals surface area contributed by atoms with Crippen LogP contribution < -0.4 is 0 Å². The number of rotatable bonds is 5. The number of carbonyl (C=O) groups excluding carboxylic acids is 1. The van der Waals surface area contributed by atoms with E-state index in [9.17, 15) is 20.0 Å². The molecule has 6 heteroatoms. The minimum absolute atomic E-state index is 0.117. The average Bonchev–Trinajstić information content (AvgIpc) is 2.37. The van der Waals surface area contributed by atoms with Crippen molar-refractivity contribution in [2.24, 2.45) is 0 Å². The molecule has 1 N–H and O–H groups in total. The summed E-state index contributed by atoms with van der Waals surface area (Å²) >= 11 is 0. The van der Waals surface area contributed by atoms with E-state index in [1.807, 2.05) is 0 Å². The second kappa shape index (κ2) is 6.10. The fourth-order valence-corrected chi connectivity index (χ4v) is 1.53. The molecular formula is C13H15NO5. The number of esters is 1. The highest BCUT2D eigenvalue weighted by molar-refractivity contribution is 5.89. The minimum Gasteiger partial charge on any atom is -0.463 e. The van der Waals surface area contributed by atoms with Crippen LogP contribution in [0.4, 0.5) is 5.69 Å². The van der Waals surface area contributed by atoms with Gasteiger partial charge in [0.2, 0.25) is 0 Å². The molecule has 6 nitrogen and oxygen atoms in total. The van der Waals surface area contributed by atoms with Crippen LogP contribution in [0.25, 0.3) is 0 Å². The van der Waals surface area contributed by atoms with E-state index in [0.717, 1.165) is 0 Å². The Hall–Kier alpha value is -2.21. The zero-order chi connectivity index (χ0) is 14.6. The summed E-state index contributed by atoms with van der Waals surface area (Å²) in [6.45, 7) is 6.84. The molecule has 1 atom stereocenters. The van der Waals surface area contributed by atoms with Crippen LogP contribution in [0.15, 0.2) is 30.4 Å². The molecule has 1 rings (SSSR count). The molecule has 0 heterocycles. The molecule has 0 saturated carbocycles. The number of hydrogen-bond acceptors (Lipinski definition) is 5. The topological polar surface area (TPSA) is 89.7 Å². The molecule has 0 aromatic heterocycles. The number of aryl methyl sites for hydroxylation is 1. The summed E-state index contributed by atoms with van der Waals surface area (Å²) in [5, 5.41) is 20.8. The highest BCUT2D eigenvalue weighted by Crippen LogP contribution is 2.27. The van der Waals surface area contributed by atoms with Gasteiger partial charge in [-0.2, -0.15) is 0 Å². The van der Waals surface area contributed by atoms with Crippen LogP contribution in [0, 0.1) is 17.0 Å². The Morgan fingerprint density at radius 3 is 2.74 bits per heavy atom. The zero-order valence-electron chi connectivity index (χ0n) is 10.8. The number of aliphatic hydroxyl groups excluding tert-OH is 1. The number of nitrogens with zero attached hydrogens (tertiary/aromatic N) is 1. The highest BCUT2D eigenvalue weighted by Gasteiger charge is 2.22. The first-order valence-corrected chi connectivity index (χ1v) is 5.67. The average molecular weight is 265 g/mol. The molecule has 0 aliphatic carbocycles. The van der Waals surface area contributed by atoms with E-state index in [-0.39, 0.29) is 23.4 Å². The fourth-order valence-electron chi connectivity index (χ4n) is 1.53. The molecule has 1 aromatic carbocycles. The van der Waals surface area contributed by atoms with Gasteiger partial charge in [-0.25, -0.2) is 4.79 Å². The van der Waals surface area contributed by atoms with Gasteiger partial charge >= 0.3 is 5.97 Å². The zero-order valence-corrected chi connectivity index (χ0v) is 10.8. The maximum absolute atomic E-state index is 11.4. The summed E-state index contributed by atoms with van der Waals surface area (Å²) in [4.78, 5) is 21.7.